The van der Waals surface area contributed by atoms with Crippen LogP contribution in [0, 0.1) is 0 Å². The van der Waals surface area contributed by atoms with Gasteiger partial charge in [0.05, 0.1) is 12.8 Å². The van der Waals surface area contributed by atoms with Gasteiger partial charge in [0.25, 0.3) is 11.5 Å². The van der Waals surface area contributed by atoms with E-state index in [4.69, 9.17) is 9.40 Å². The fourth-order valence-corrected chi connectivity index (χ4v) is 4.41. The first-order valence-electron chi connectivity index (χ1n) is 11.6. The monoisotopic (exact) mass is 460 g/mol. The Morgan fingerprint density at radius 1 is 1.21 bits per heavy atom. The van der Waals surface area contributed by atoms with Gasteiger partial charge in [-0.1, -0.05) is 50.3 Å². The van der Waals surface area contributed by atoms with Gasteiger partial charge in [0.15, 0.2) is 16.9 Å². The summed E-state index contributed by atoms with van der Waals surface area (Å²) in [5.74, 6) is 0.640. The summed E-state index contributed by atoms with van der Waals surface area (Å²) in [7, 11) is 0. The van der Waals surface area contributed by atoms with Crippen LogP contribution in [0.2, 0.25) is 0 Å². The van der Waals surface area contributed by atoms with Crippen LogP contribution in [-0.4, -0.2) is 48.9 Å². The van der Waals surface area contributed by atoms with Crippen LogP contribution in [0.1, 0.15) is 67.0 Å². The van der Waals surface area contributed by atoms with E-state index in [-0.39, 0.29) is 28.3 Å². The number of fused-ring (bicyclic) bond motifs is 1. The van der Waals surface area contributed by atoms with Crippen molar-refractivity contribution >= 4 is 17.1 Å². The van der Waals surface area contributed by atoms with E-state index in [1.807, 2.05) is 0 Å². The Morgan fingerprint density at radius 2 is 2.00 bits per heavy atom. The third-order valence-electron chi connectivity index (χ3n) is 6.37. The van der Waals surface area contributed by atoms with E-state index in [1.54, 1.807) is 21.7 Å². The van der Waals surface area contributed by atoms with Crippen LogP contribution in [0.4, 0.5) is 0 Å². The largest absolute Gasteiger partial charge is 0.459 e. The summed E-state index contributed by atoms with van der Waals surface area (Å²) in [4.78, 5) is 34.9. The first-order valence-corrected chi connectivity index (χ1v) is 11.6. The third-order valence-corrected chi connectivity index (χ3v) is 6.37. The first-order chi connectivity index (χ1) is 16.3. The van der Waals surface area contributed by atoms with E-state index in [2.05, 4.69) is 60.3 Å². The minimum Gasteiger partial charge on any atom is -0.459 e. The molecule has 0 bridgehead atoms. The number of furan rings is 1. The van der Waals surface area contributed by atoms with Gasteiger partial charge in [-0.3, -0.25) is 9.59 Å². The van der Waals surface area contributed by atoms with E-state index in [9.17, 15) is 9.59 Å². The highest BCUT2D eigenvalue weighted by molar-refractivity contribution is 5.91. The van der Waals surface area contributed by atoms with Gasteiger partial charge in [0.2, 0.25) is 0 Å². The lowest BCUT2D eigenvalue weighted by molar-refractivity contribution is 0.0672. The van der Waals surface area contributed by atoms with Gasteiger partial charge in [-0.05, 0) is 41.5 Å². The van der Waals surface area contributed by atoms with Crippen molar-refractivity contribution < 1.29 is 9.21 Å². The highest BCUT2D eigenvalue weighted by Gasteiger charge is 2.29. The number of likely N-dealkylation sites (tertiary alicyclic amines) is 1. The van der Waals surface area contributed by atoms with Gasteiger partial charge >= 0.3 is 0 Å². The molecule has 34 heavy (non-hydrogen) atoms. The van der Waals surface area contributed by atoms with E-state index >= 15 is 0 Å². The minimum absolute atomic E-state index is 0.0778. The Kier molecular flexibility index (Phi) is 5.55. The Hall–Kier alpha value is -3.75. The molecule has 1 saturated heterocycles. The number of hydrogen-bond donors (Lipinski definition) is 1. The Morgan fingerprint density at radius 3 is 2.71 bits per heavy atom. The smallest absolute Gasteiger partial charge is 0.289 e. The summed E-state index contributed by atoms with van der Waals surface area (Å²) in [5.41, 5.74) is 2.74. The summed E-state index contributed by atoms with van der Waals surface area (Å²) < 4.78 is 6.93. The topological polar surface area (TPSA) is 110 Å². The average molecular weight is 461 g/mol. The predicted octanol–water partition coefficient (Wildman–Crippen LogP) is 3.47. The van der Waals surface area contributed by atoms with Crippen molar-refractivity contribution in [2.75, 3.05) is 13.1 Å². The van der Waals surface area contributed by atoms with Crippen molar-refractivity contribution in [2.24, 2.45) is 0 Å². The molecule has 5 rings (SSSR count). The number of amides is 1. The van der Waals surface area contributed by atoms with Crippen LogP contribution in [0.15, 0.2) is 51.9 Å². The molecule has 1 fully saturated rings. The molecule has 0 spiro atoms. The maximum absolute atomic E-state index is 12.8. The number of aromatic nitrogens is 5. The molecule has 1 N–H and O–H groups in total. The second-order valence-electron chi connectivity index (χ2n) is 9.89. The van der Waals surface area contributed by atoms with Crippen molar-refractivity contribution in [3.8, 4) is 0 Å². The number of piperidine rings is 1. The third kappa shape index (κ3) is 4.25. The number of nitrogens with zero attached hydrogens (tertiary/aromatic N) is 5. The highest BCUT2D eigenvalue weighted by Crippen LogP contribution is 2.26. The summed E-state index contributed by atoms with van der Waals surface area (Å²) in [5, 5.41) is 8.26. The summed E-state index contributed by atoms with van der Waals surface area (Å²) in [6.45, 7) is 8.11. The number of H-pyrrole nitrogens is 1. The average Bonchev–Trinajstić information content (AvgIpc) is 3.49. The normalized spacial score (nSPS) is 16.8. The maximum atomic E-state index is 12.8. The number of carbonyl (C=O) groups excluding carboxylic acids is 1. The fraction of sp³-hybridized carbons (Fsp3) is 0.400. The van der Waals surface area contributed by atoms with E-state index in [0.717, 1.165) is 18.4 Å². The maximum Gasteiger partial charge on any atom is 0.289 e. The SMILES string of the molecule is CC(C)(C)c1ccc(Cn2nnc3c(=O)[nH]c([C@H]4CCCN(C(=O)c5ccco5)C4)nc32)cc1. The summed E-state index contributed by atoms with van der Waals surface area (Å²) >= 11 is 0. The molecule has 4 aromatic rings. The van der Waals surface area contributed by atoms with Crippen LogP contribution in [-0.2, 0) is 12.0 Å². The molecular weight excluding hydrogens is 432 g/mol. The van der Waals surface area contributed by atoms with E-state index < -0.39 is 0 Å². The number of nitrogens with one attached hydrogen (secondary N) is 1. The molecule has 1 amide bonds. The molecule has 1 aromatic carbocycles. The van der Waals surface area contributed by atoms with Crippen molar-refractivity contribution in [2.45, 2.75) is 51.5 Å². The Labute approximate surface area is 196 Å². The lowest BCUT2D eigenvalue weighted by Crippen LogP contribution is -2.39. The molecule has 1 atom stereocenters. The second-order valence-corrected chi connectivity index (χ2v) is 9.89. The van der Waals surface area contributed by atoms with Crippen LogP contribution < -0.4 is 5.56 Å². The van der Waals surface area contributed by atoms with Crippen LogP contribution in [0.5, 0.6) is 0 Å². The van der Waals surface area contributed by atoms with E-state index in [1.165, 1.54) is 11.8 Å². The van der Waals surface area contributed by atoms with E-state index in [0.29, 0.717) is 36.9 Å². The van der Waals surface area contributed by atoms with Crippen LogP contribution in [0.25, 0.3) is 11.2 Å². The van der Waals surface area contributed by atoms with Crippen LogP contribution >= 0.6 is 0 Å². The zero-order valence-electron chi connectivity index (χ0n) is 19.6. The van der Waals surface area contributed by atoms with Gasteiger partial charge in [-0.15, -0.1) is 5.10 Å². The summed E-state index contributed by atoms with van der Waals surface area (Å²) in [6.07, 6.45) is 3.13. The number of aromatic amines is 1. The number of benzene rings is 1. The second kappa shape index (κ2) is 8.55. The molecular formula is C25H28N6O3. The predicted molar refractivity (Wildman–Crippen MR) is 127 cm³/mol. The first kappa shape index (κ1) is 22.1. The Balaban J connectivity index is 1.41. The molecule has 0 saturated carbocycles. The van der Waals surface area contributed by atoms with Crippen molar-refractivity contribution in [3.05, 3.63) is 75.7 Å². The zero-order chi connectivity index (χ0) is 23.9. The molecule has 0 unspecified atom stereocenters. The number of hydrogen-bond acceptors (Lipinski definition) is 6. The molecule has 0 radical (unpaired) electrons. The molecule has 9 nitrogen and oxygen atoms in total. The number of rotatable bonds is 4. The van der Waals surface area contributed by atoms with Gasteiger partial charge in [-0.25, -0.2) is 9.67 Å². The quantitative estimate of drug-likeness (QED) is 0.499. The number of carbonyl (C=O) groups is 1. The Bertz CT molecular complexity index is 1360. The molecule has 1 aliphatic rings. The van der Waals surface area contributed by atoms with Crippen molar-refractivity contribution in [3.63, 3.8) is 0 Å². The molecule has 4 heterocycles. The van der Waals surface area contributed by atoms with Crippen LogP contribution in [0.3, 0.4) is 0 Å². The van der Waals surface area contributed by atoms with Gasteiger partial charge in [0, 0.05) is 19.0 Å². The molecule has 1 aliphatic heterocycles. The lowest BCUT2D eigenvalue weighted by atomic mass is 9.87. The van der Waals surface area contributed by atoms with Crippen molar-refractivity contribution in [1.82, 2.24) is 29.9 Å². The highest BCUT2D eigenvalue weighted by atomic mass is 16.3. The summed E-state index contributed by atoms with van der Waals surface area (Å²) in [6, 6.07) is 11.7. The molecule has 9 heteroatoms. The van der Waals surface area contributed by atoms with Crippen molar-refractivity contribution in [1.29, 1.82) is 0 Å². The lowest BCUT2D eigenvalue weighted by Gasteiger charge is -2.31. The molecule has 176 valence electrons. The standard InChI is InChI=1S/C25H28N6O3/c1-25(2,3)18-10-8-16(9-11-18)14-31-22-20(28-29-31)23(32)27-21(26-22)17-6-4-12-30(15-17)24(33)19-7-5-13-34-19/h5,7-11,13,17H,4,6,12,14-15H2,1-3H3,(H,26,27,32)/t17-/m0/s1. The van der Waals surface area contributed by atoms with Gasteiger partial charge in [0.1, 0.15) is 5.82 Å². The molecule has 0 aliphatic carbocycles. The van der Waals surface area contributed by atoms with Gasteiger partial charge < -0.3 is 14.3 Å². The molecule has 3 aromatic heterocycles. The minimum atomic E-state index is -0.316. The van der Waals surface area contributed by atoms with Gasteiger partial charge in [-0.2, -0.15) is 0 Å². The fourth-order valence-electron chi connectivity index (χ4n) is 4.41. The zero-order valence-corrected chi connectivity index (χ0v) is 19.6.